The fraction of sp³-hybridized carbons (Fsp3) is 0.867. The van der Waals surface area contributed by atoms with Crippen LogP contribution in [0.2, 0.25) is 0 Å². The molecule has 0 aromatic carbocycles. The van der Waals surface area contributed by atoms with E-state index in [0.29, 0.717) is 18.9 Å². The maximum Gasteiger partial charge on any atom is 0.223 e. The molecule has 1 aliphatic carbocycles. The Labute approximate surface area is 122 Å². The number of nitrogens with two attached hydrogens (primary N) is 1. The van der Waals surface area contributed by atoms with E-state index in [1.807, 2.05) is 13.8 Å². The average Bonchev–Trinajstić information content (AvgIpc) is 2.41. The minimum Gasteiger partial charge on any atom is -0.355 e. The van der Waals surface area contributed by atoms with Crippen LogP contribution in [0, 0.1) is 11.8 Å². The Bertz CT molecular complexity index is 333. The third-order valence-electron chi connectivity index (χ3n) is 4.30. The highest BCUT2D eigenvalue weighted by molar-refractivity contribution is 5.80. The van der Waals surface area contributed by atoms with Crippen LogP contribution in [0.4, 0.5) is 0 Å². The lowest BCUT2D eigenvalue weighted by Gasteiger charge is -2.31. The molecule has 0 heterocycles. The predicted octanol–water partition coefficient (Wildman–Crippen LogP) is 1.17. The van der Waals surface area contributed by atoms with E-state index in [0.717, 1.165) is 25.7 Å². The zero-order valence-electron chi connectivity index (χ0n) is 12.9. The minimum absolute atomic E-state index is 0.00591. The molecule has 116 valence electrons. The molecule has 0 bridgehead atoms. The highest BCUT2D eigenvalue weighted by Gasteiger charge is 2.29. The Hall–Kier alpha value is -1.10. The Morgan fingerprint density at radius 1 is 1.35 bits per heavy atom. The lowest BCUT2D eigenvalue weighted by Crippen LogP contribution is -2.42. The van der Waals surface area contributed by atoms with Gasteiger partial charge in [0.15, 0.2) is 0 Å². The van der Waals surface area contributed by atoms with Crippen molar-refractivity contribution in [1.82, 2.24) is 10.6 Å². The predicted molar refractivity (Wildman–Crippen MR) is 80.0 cm³/mol. The van der Waals surface area contributed by atoms with Crippen LogP contribution in [0.1, 0.15) is 52.9 Å². The van der Waals surface area contributed by atoms with Gasteiger partial charge in [-0.2, -0.15) is 0 Å². The van der Waals surface area contributed by atoms with Gasteiger partial charge in [0.1, 0.15) is 0 Å². The first-order chi connectivity index (χ1) is 9.43. The van der Waals surface area contributed by atoms with Crippen LogP contribution >= 0.6 is 0 Å². The monoisotopic (exact) mass is 283 g/mol. The van der Waals surface area contributed by atoms with Crippen molar-refractivity contribution in [3.8, 4) is 0 Å². The molecule has 0 aliphatic heterocycles. The lowest BCUT2D eigenvalue weighted by molar-refractivity contribution is -0.126. The topological polar surface area (TPSA) is 84.2 Å². The smallest absolute Gasteiger partial charge is 0.223 e. The maximum absolute atomic E-state index is 12.0. The molecule has 1 saturated carbocycles. The second-order valence-electron chi connectivity index (χ2n) is 6.07. The molecule has 1 aliphatic rings. The van der Waals surface area contributed by atoms with E-state index < -0.39 is 0 Å². The first-order valence-corrected chi connectivity index (χ1v) is 7.76. The van der Waals surface area contributed by atoms with Crippen LogP contribution in [0.3, 0.4) is 0 Å². The van der Waals surface area contributed by atoms with E-state index in [1.165, 1.54) is 0 Å². The van der Waals surface area contributed by atoms with Crippen LogP contribution in [-0.4, -0.2) is 30.4 Å². The van der Waals surface area contributed by atoms with Crippen molar-refractivity contribution in [3.63, 3.8) is 0 Å². The van der Waals surface area contributed by atoms with Gasteiger partial charge < -0.3 is 16.4 Å². The molecule has 0 spiro atoms. The molecule has 2 amide bonds. The zero-order valence-corrected chi connectivity index (χ0v) is 12.9. The number of carbonyl (C=O) groups excluding carboxylic acids is 2. The maximum atomic E-state index is 12.0. The van der Waals surface area contributed by atoms with E-state index in [1.54, 1.807) is 0 Å². The summed E-state index contributed by atoms with van der Waals surface area (Å²) in [5.74, 6) is 0.552. The third-order valence-corrected chi connectivity index (χ3v) is 4.30. The second kappa shape index (κ2) is 8.25. The summed E-state index contributed by atoms with van der Waals surface area (Å²) < 4.78 is 0. The number of carbonyl (C=O) groups is 2. The van der Waals surface area contributed by atoms with Crippen molar-refractivity contribution >= 4 is 11.8 Å². The number of nitrogens with one attached hydrogen (secondary N) is 2. The molecule has 20 heavy (non-hydrogen) atoms. The fourth-order valence-electron chi connectivity index (χ4n) is 2.49. The van der Waals surface area contributed by atoms with E-state index in [-0.39, 0.29) is 29.8 Å². The van der Waals surface area contributed by atoms with E-state index in [4.69, 9.17) is 5.73 Å². The van der Waals surface area contributed by atoms with E-state index in [2.05, 4.69) is 17.6 Å². The Kier molecular flexibility index (Phi) is 6.99. The third kappa shape index (κ3) is 5.49. The molecule has 1 rings (SSSR count). The summed E-state index contributed by atoms with van der Waals surface area (Å²) >= 11 is 0. The molecule has 0 aromatic heterocycles. The summed E-state index contributed by atoms with van der Waals surface area (Å²) in [6.07, 6.45) is 3.92. The number of hydrogen-bond donors (Lipinski definition) is 3. The summed E-state index contributed by atoms with van der Waals surface area (Å²) in [6, 6.07) is 0.309. The Balaban J connectivity index is 2.22. The van der Waals surface area contributed by atoms with Crippen molar-refractivity contribution < 1.29 is 9.59 Å². The van der Waals surface area contributed by atoms with E-state index >= 15 is 0 Å². The van der Waals surface area contributed by atoms with Crippen molar-refractivity contribution in [2.75, 3.05) is 6.54 Å². The van der Waals surface area contributed by atoms with Gasteiger partial charge in [-0.05, 0) is 38.5 Å². The Morgan fingerprint density at radius 3 is 2.65 bits per heavy atom. The van der Waals surface area contributed by atoms with Crippen LogP contribution in [0.25, 0.3) is 0 Å². The van der Waals surface area contributed by atoms with E-state index in [9.17, 15) is 9.59 Å². The first kappa shape index (κ1) is 17.0. The van der Waals surface area contributed by atoms with Gasteiger partial charge in [-0.15, -0.1) is 0 Å². The van der Waals surface area contributed by atoms with Gasteiger partial charge >= 0.3 is 0 Å². The molecular weight excluding hydrogens is 254 g/mol. The van der Waals surface area contributed by atoms with Crippen molar-refractivity contribution in [2.24, 2.45) is 17.6 Å². The molecule has 4 unspecified atom stereocenters. The van der Waals surface area contributed by atoms with Crippen molar-refractivity contribution in [2.45, 2.75) is 65.0 Å². The van der Waals surface area contributed by atoms with Gasteiger partial charge in [0, 0.05) is 31.0 Å². The first-order valence-electron chi connectivity index (χ1n) is 7.76. The van der Waals surface area contributed by atoms with Gasteiger partial charge in [0.2, 0.25) is 11.8 Å². The van der Waals surface area contributed by atoms with Crippen molar-refractivity contribution in [3.05, 3.63) is 0 Å². The molecule has 0 aromatic rings. The Morgan fingerprint density at radius 2 is 2.05 bits per heavy atom. The van der Waals surface area contributed by atoms with Gasteiger partial charge in [0.25, 0.3) is 0 Å². The quantitative estimate of drug-likeness (QED) is 0.684. The molecular formula is C15H29N3O2. The lowest BCUT2D eigenvalue weighted by atomic mass is 9.79. The summed E-state index contributed by atoms with van der Waals surface area (Å²) in [6.45, 7) is 6.54. The summed E-state index contributed by atoms with van der Waals surface area (Å²) in [4.78, 5) is 23.6. The number of rotatable bonds is 6. The standard InChI is InChI=1S/C15H29N3O2/c1-4-11(3)18-14(19)7-8-17-15(20)12-6-5-10(2)13(16)9-12/h10-13H,4-9,16H2,1-3H3,(H,17,20)(H,18,19). The fourth-order valence-corrected chi connectivity index (χ4v) is 2.49. The minimum atomic E-state index is -0.00591. The van der Waals surface area contributed by atoms with Gasteiger partial charge in [-0.1, -0.05) is 13.8 Å². The largest absolute Gasteiger partial charge is 0.355 e. The van der Waals surface area contributed by atoms with Gasteiger partial charge in [-0.25, -0.2) is 0 Å². The van der Waals surface area contributed by atoms with Crippen LogP contribution in [0.15, 0.2) is 0 Å². The van der Waals surface area contributed by atoms with Gasteiger partial charge in [-0.3, -0.25) is 9.59 Å². The van der Waals surface area contributed by atoms with Gasteiger partial charge in [0.05, 0.1) is 0 Å². The molecule has 0 radical (unpaired) electrons. The normalized spacial score (nSPS) is 27.7. The second-order valence-corrected chi connectivity index (χ2v) is 6.07. The van der Waals surface area contributed by atoms with Crippen LogP contribution in [-0.2, 0) is 9.59 Å². The highest BCUT2D eigenvalue weighted by atomic mass is 16.2. The SMILES string of the molecule is CCC(C)NC(=O)CCNC(=O)C1CCC(C)C(N)C1. The highest BCUT2D eigenvalue weighted by Crippen LogP contribution is 2.27. The molecule has 5 heteroatoms. The zero-order chi connectivity index (χ0) is 15.1. The number of hydrogen-bond acceptors (Lipinski definition) is 3. The molecule has 1 fully saturated rings. The average molecular weight is 283 g/mol. The molecule has 4 N–H and O–H groups in total. The molecule has 4 atom stereocenters. The molecule has 5 nitrogen and oxygen atoms in total. The summed E-state index contributed by atoms with van der Waals surface area (Å²) in [7, 11) is 0. The van der Waals surface area contributed by atoms with Crippen molar-refractivity contribution in [1.29, 1.82) is 0 Å². The number of amides is 2. The summed E-state index contributed by atoms with van der Waals surface area (Å²) in [5, 5.41) is 5.74. The molecule has 0 saturated heterocycles. The van der Waals surface area contributed by atoms with Crippen LogP contribution < -0.4 is 16.4 Å². The summed E-state index contributed by atoms with van der Waals surface area (Å²) in [5.41, 5.74) is 6.01. The van der Waals surface area contributed by atoms with Crippen LogP contribution in [0.5, 0.6) is 0 Å².